The van der Waals surface area contributed by atoms with E-state index in [0.717, 1.165) is 0 Å². The summed E-state index contributed by atoms with van der Waals surface area (Å²) in [7, 11) is 0. The highest BCUT2D eigenvalue weighted by molar-refractivity contribution is 6.41. The van der Waals surface area contributed by atoms with Crippen molar-refractivity contribution in [2.24, 2.45) is 0 Å². The van der Waals surface area contributed by atoms with Crippen LogP contribution in [0.5, 0.6) is 0 Å². The number of pyridine rings is 1. The highest BCUT2D eigenvalue weighted by Gasteiger charge is 2.18. The van der Waals surface area contributed by atoms with E-state index in [-0.39, 0.29) is 15.7 Å². The van der Waals surface area contributed by atoms with E-state index in [1.165, 1.54) is 6.07 Å². The monoisotopic (exact) mass is 242 g/mol. The van der Waals surface area contributed by atoms with Crippen LogP contribution in [0.15, 0.2) is 24.4 Å². The van der Waals surface area contributed by atoms with Gasteiger partial charge in [-0.25, -0.2) is 0 Å². The maximum Gasteiger partial charge on any atom is 0.290 e. The van der Waals surface area contributed by atoms with Gasteiger partial charge < -0.3 is 0 Å². The van der Waals surface area contributed by atoms with Gasteiger partial charge in [-0.3, -0.25) is 15.1 Å². The molecule has 0 amide bonds. The minimum absolute atomic E-state index is 0.0625. The van der Waals surface area contributed by atoms with Crippen LogP contribution >= 0.6 is 23.2 Å². The third-order valence-electron chi connectivity index (χ3n) is 1.96. The maximum atomic E-state index is 10.7. The number of nitro groups is 1. The lowest BCUT2D eigenvalue weighted by Gasteiger charge is -2.02. The SMILES string of the molecule is O=[N+]([O-])c1cc(Cl)c2ncccc2c1Cl. The molecule has 76 valence electrons. The van der Waals surface area contributed by atoms with Crippen molar-refractivity contribution >= 4 is 39.8 Å². The van der Waals surface area contributed by atoms with Crippen LogP contribution in [0.3, 0.4) is 0 Å². The molecule has 2 aromatic rings. The fourth-order valence-corrected chi connectivity index (χ4v) is 1.83. The van der Waals surface area contributed by atoms with Crippen molar-refractivity contribution in [3.63, 3.8) is 0 Å². The Morgan fingerprint density at radius 1 is 1.40 bits per heavy atom. The van der Waals surface area contributed by atoms with E-state index in [2.05, 4.69) is 4.98 Å². The quantitative estimate of drug-likeness (QED) is 0.569. The summed E-state index contributed by atoms with van der Waals surface area (Å²) < 4.78 is 0. The molecule has 0 aliphatic rings. The molecule has 0 unspecified atom stereocenters. The van der Waals surface area contributed by atoms with Crippen LogP contribution in [-0.2, 0) is 0 Å². The van der Waals surface area contributed by atoms with E-state index in [0.29, 0.717) is 10.9 Å². The Morgan fingerprint density at radius 3 is 2.80 bits per heavy atom. The minimum atomic E-state index is -0.569. The zero-order valence-corrected chi connectivity index (χ0v) is 8.79. The first-order valence-corrected chi connectivity index (χ1v) is 4.74. The standard InChI is InChI=1S/C9H4Cl2N2O2/c10-6-4-7(13(14)15)8(11)5-2-1-3-12-9(5)6/h1-4H. The number of rotatable bonds is 1. The van der Waals surface area contributed by atoms with Crippen LogP contribution in [0.2, 0.25) is 10.0 Å². The summed E-state index contributed by atoms with van der Waals surface area (Å²) in [5, 5.41) is 11.4. The molecular weight excluding hydrogens is 239 g/mol. The van der Waals surface area contributed by atoms with Crippen LogP contribution in [0.1, 0.15) is 0 Å². The largest absolute Gasteiger partial charge is 0.290 e. The van der Waals surface area contributed by atoms with Crippen molar-refractivity contribution in [3.05, 3.63) is 44.6 Å². The van der Waals surface area contributed by atoms with E-state index in [4.69, 9.17) is 23.2 Å². The molecule has 0 N–H and O–H groups in total. The lowest BCUT2D eigenvalue weighted by Crippen LogP contribution is -1.91. The number of aromatic nitrogens is 1. The zero-order valence-electron chi connectivity index (χ0n) is 7.28. The molecule has 4 nitrogen and oxygen atoms in total. The van der Waals surface area contributed by atoms with Crippen LogP contribution in [-0.4, -0.2) is 9.91 Å². The van der Waals surface area contributed by atoms with Gasteiger partial charge in [0.15, 0.2) is 0 Å². The molecule has 0 radical (unpaired) electrons. The van der Waals surface area contributed by atoms with Gasteiger partial charge in [0, 0.05) is 17.6 Å². The Bertz CT molecular complexity index is 557. The molecular formula is C9H4Cl2N2O2. The highest BCUT2D eigenvalue weighted by Crippen LogP contribution is 2.35. The van der Waals surface area contributed by atoms with Crippen molar-refractivity contribution in [1.29, 1.82) is 0 Å². The van der Waals surface area contributed by atoms with Crippen LogP contribution in [0.25, 0.3) is 10.9 Å². The second-order valence-electron chi connectivity index (χ2n) is 2.85. The molecule has 0 aliphatic heterocycles. The first-order valence-electron chi connectivity index (χ1n) is 3.98. The third kappa shape index (κ3) is 1.62. The molecule has 1 aromatic heterocycles. The Kier molecular flexibility index (Phi) is 2.46. The van der Waals surface area contributed by atoms with E-state index < -0.39 is 4.92 Å². The summed E-state index contributed by atoms with van der Waals surface area (Å²) in [6.07, 6.45) is 1.55. The number of nitro benzene ring substituents is 1. The molecule has 0 saturated heterocycles. The summed E-state index contributed by atoms with van der Waals surface area (Å²) in [5.41, 5.74) is 0.261. The number of hydrogen-bond acceptors (Lipinski definition) is 3. The molecule has 1 aromatic carbocycles. The van der Waals surface area contributed by atoms with Gasteiger partial charge >= 0.3 is 0 Å². The van der Waals surface area contributed by atoms with Crippen molar-refractivity contribution in [1.82, 2.24) is 4.98 Å². The molecule has 0 fully saturated rings. The molecule has 1 heterocycles. The first kappa shape index (κ1) is 10.1. The second-order valence-corrected chi connectivity index (χ2v) is 3.63. The van der Waals surface area contributed by atoms with Gasteiger partial charge in [-0.1, -0.05) is 23.2 Å². The maximum absolute atomic E-state index is 10.7. The first-order chi connectivity index (χ1) is 7.11. The molecule has 15 heavy (non-hydrogen) atoms. The molecule has 0 aliphatic carbocycles. The summed E-state index contributed by atoms with van der Waals surface area (Å²) >= 11 is 11.7. The van der Waals surface area contributed by atoms with Crippen molar-refractivity contribution < 1.29 is 4.92 Å². The van der Waals surface area contributed by atoms with Crippen LogP contribution in [0, 0.1) is 10.1 Å². The number of halogens is 2. The molecule has 6 heteroatoms. The average Bonchev–Trinajstić information content (AvgIpc) is 2.23. The molecule has 0 atom stereocenters. The Labute approximate surface area is 94.6 Å². The zero-order chi connectivity index (χ0) is 11.0. The average molecular weight is 243 g/mol. The summed E-state index contributed by atoms with van der Waals surface area (Å²) in [6, 6.07) is 4.50. The summed E-state index contributed by atoms with van der Waals surface area (Å²) in [4.78, 5) is 14.1. The van der Waals surface area contributed by atoms with Gasteiger partial charge in [-0.15, -0.1) is 0 Å². The molecule has 2 rings (SSSR count). The van der Waals surface area contributed by atoms with Gasteiger partial charge in [0.2, 0.25) is 0 Å². The topological polar surface area (TPSA) is 56.0 Å². The third-order valence-corrected chi connectivity index (χ3v) is 2.64. The molecule has 0 spiro atoms. The fourth-order valence-electron chi connectivity index (χ4n) is 1.30. The lowest BCUT2D eigenvalue weighted by atomic mass is 10.2. The summed E-state index contributed by atoms with van der Waals surface area (Å²) in [5.74, 6) is 0. The van der Waals surface area contributed by atoms with Crippen molar-refractivity contribution in [2.75, 3.05) is 0 Å². The Balaban J connectivity index is 2.90. The lowest BCUT2D eigenvalue weighted by molar-refractivity contribution is -0.384. The minimum Gasteiger partial charge on any atom is -0.258 e. The molecule has 0 saturated carbocycles. The number of fused-ring (bicyclic) bond motifs is 1. The van der Waals surface area contributed by atoms with Gasteiger partial charge in [-0.05, 0) is 12.1 Å². The second kappa shape index (κ2) is 3.64. The number of hydrogen-bond donors (Lipinski definition) is 0. The van der Waals surface area contributed by atoms with Crippen LogP contribution < -0.4 is 0 Å². The fraction of sp³-hybridized carbons (Fsp3) is 0. The van der Waals surface area contributed by atoms with Gasteiger partial charge in [0.1, 0.15) is 5.02 Å². The predicted molar refractivity (Wildman–Crippen MR) is 58.4 cm³/mol. The molecule has 0 bridgehead atoms. The predicted octanol–water partition coefficient (Wildman–Crippen LogP) is 3.45. The van der Waals surface area contributed by atoms with Gasteiger partial charge in [0.25, 0.3) is 5.69 Å². The van der Waals surface area contributed by atoms with E-state index in [1.807, 2.05) is 0 Å². The summed E-state index contributed by atoms with van der Waals surface area (Å²) in [6.45, 7) is 0. The Hall–Kier alpha value is -1.39. The van der Waals surface area contributed by atoms with Crippen LogP contribution in [0.4, 0.5) is 5.69 Å². The van der Waals surface area contributed by atoms with Crippen molar-refractivity contribution in [2.45, 2.75) is 0 Å². The van der Waals surface area contributed by atoms with Gasteiger partial charge in [0.05, 0.1) is 15.5 Å². The normalized spacial score (nSPS) is 10.5. The van der Waals surface area contributed by atoms with Crippen molar-refractivity contribution in [3.8, 4) is 0 Å². The van der Waals surface area contributed by atoms with E-state index in [1.54, 1.807) is 18.3 Å². The van der Waals surface area contributed by atoms with E-state index in [9.17, 15) is 10.1 Å². The van der Waals surface area contributed by atoms with E-state index >= 15 is 0 Å². The number of nitrogens with zero attached hydrogens (tertiary/aromatic N) is 2. The Morgan fingerprint density at radius 2 is 2.13 bits per heavy atom. The number of benzene rings is 1. The van der Waals surface area contributed by atoms with Gasteiger partial charge in [-0.2, -0.15) is 0 Å². The highest BCUT2D eigenvalue weighted by atomic mass is 35.5. The smallest absolute Gasteiger partial charge is 0.258 e.